The molecule has 2 aromatic rings. The Morgan fingerprint density at radius 3 is 2.50 bits per heavy atom. The SMILES string of the molecule is CC(C)OCCNC(=O)c1cc(-c2ccc(C(C)(C)C)cc2)on1. The highest BCUT2D eigenvalue weighted by Gasteiger charge is 2.16. The Morgan fingerprint density at radius 2 is 1.92 bits per heavy atom. The summed E-state index contributed by atoms with van der Waals surface area (Å²) in [5.41, 5.74) is 2.52. The highest BCUT2D eigenvalue weighted by Crippen LogP contribution is 2.26. The number of benzene rings is 1. The molecule has 1 N–H and O–H groups in total. The number of amides is 1. The molecule has 0 aliphatic carbocycles. The number of hydrogen-bond donors (Lipinski definition) is 1. The van der Waals surface area contributed by atoms with Crippen LogP contribution < -0.4 is 5.32 Å². The van der Waals surface area contributed by atoms with Crippen LogP contribution in [0.25, 0.3) is 11.3 Å². The van der Waals surface area contributed by atoms with Crippen molar-refractivity contribution in [3.8, 4) is 11.3 Å². The van der Waals surface area contributed by atoms with Crippen molar-refractivity contribution >= 4 is 5.91 Å². The lowest BCUT2D eigenvalue weighted by Gasteiger charge is -2.18. The normalized spacial score (nSPS) is 11.8. The van der Waals surface area contributed by atoms with Gasteiger partial charge in [-0.1, -0.05) is 50.2 Å². The van der Waals surface area contributed by atoms with Gasteiger partial charge >= 0.3 is 0 Å². The van der Waals surface area contributed by atoms with Crippen molar-refractivity contribution in [1.29, 1.82) is 0 Å². The summed E-state index contributed by atoms with van der Waals surface area (Å²) in [6, 6.07) is 9.77. The van der Waals surface area contributed by atoms with Crippen molar-refractivity contribution in [2.45, 2.75) is 46.1 Å². The fraction of sp³-hybridized carbons (Fsp3) is 0.474. The van der Waals surface area contributed by atoms with Crippen LogP contribution in [-0.2, 0) is 10.2 Å². The second-order valence-electron chi connectivity index (χ2n) is 7.08. The first-order valence-electron chi connectivity index (χ1n) is 8.25. The second-order valence-corrected chi connectivity index (χ2v) is 7.08. The Labute approximate surface area is 143 Å². The Morgan fingerprint density at radius 1 is 1.25 bits per heavy atom. The molecule has 1 amide bonds. The van der Waals surface area contributed by atoms with Crippen LogP contribution in [0.2, 0.25) is 0 Å². The summed E-state index contributed by atoms with van der Waals surface area (Å²) in [6.45, 7) is 11.3. The van der Waals surface area contributed by atoms with E-state index in [0.29, 0.717) is 18.9 Å². The summed E-state index contributed by atoms with van der Waals surface area (Å²) in [7, 11) is 0. The molecule has 0 fully saturated rings. The standard InChI is InChI=1S/C19H26N2O3/c1-13(2)23-11-10-20-18(22)16-12-17(24-21-16)14-6-8-15(9-7-14)19(3,4)5/h6-9,12-13H,10-11H2,1-5H3,(H,20,22). The van der Waals surface area contributed by atoms with Gasteiger partial charge in [-0.3, -0.25) is 4.79 Å². The third-order valence-corrected chi connectivity index (χ3v) is 3.62. The van der Waals surface area contributed by atoms with Gasteiger partial charge in [0.05, 0.1) is 12.7 Å². The highest BCUT2D eigenvalue weighted by molar-refractivity contribution is 5.93. The predicted molar refractivity (Wildman–Crippen MR) is 94.1 cm³/mol. The number of carbonyl (C=O) groups is 1. The van der Waals surface area contributed by atoms with Gasteiger partial charge in [-0.15, -0.1) is 0 Å². The average Bonchev–Trinajstić information content (AvgIpc) is 3.00. The summed E-state index contributed by atoms with van der Waals surface area (Å²) in [6.07, 6.45) is 0.150. The quantitative estimate of drug-likeness (QED) is 0.818. The van der Waals surface area contributed by atoms with Crippen LogP contribution in [0.15, 0.2) is 34.9 Å². The lowest BCUT2D eigenvalue weighted by atomic mass is 9.86. The molecule has 2 rings (SSSR count). The van der Waals surface area contributed by atoms with Crippen LogP contribution in [0.3, 0.4) is 0 Å². The molecule has 24 heavy (non-hydrogen) atoms. The molecule has 0 spiro atoms. The molecule has 1 aromatic heterocycles. The van der Waals surface area contributed by atoms with E-state index in [1.54, 1.807) is 6.07 Å². The molecule has 0 saturated heterocycles. The van der Waals surface area contributed by atoms with Crippen molar-refractivity contribution in [3.63, 3.8) is 0 Å². The second kappa shape index (κ2) is 7.62. The van der Waals surface area contributed by atoms with Gasteiger partial charge in [0.25, 0.3) is 5.91 Å². The molecule has 0 aliphatic rings. The maximum Gasteiger partial charge on any atom is 0.273 e. The predicted octanol–water partition coefficient (Wildman–Crippen LogP) is 3.79. The topological polar surface area (TPSA) is 64.4 Å². The van der Waals surface area contributed by atoms with E-state index in [2.05, 4.69) is 43.4 Å². The highest BCUT2D eigenvalue weighted by atomic mass is 16.5. The van der Waals surface area contributed by atoms with E-state index in [0.717, 1.165) is 5.56 Å². The van der Waals surface area contributed by atoms with Crippen molar-refractivity contribution < 1.29 is 14.1 Å². The van der Waals surface area contributed by atoms with E-state index >= 15 is 0 Å². The van der Waals surface area contributed by atoms with Crippen LogP contribution in [-0.4, -0.2) is 30.3 Å². The fourth-order valence-corrected chi connectivity index (χ4v) is 2.20. The minimum atomic E-state index is -0.260. The molecule has 5 nitrogen and oxygen atoms in total. The number of nitrogens with zero attached hydrogens (tertiary/aromatic N) is 1. The Balaban J connectivity index is 1.98. The van der Waals surface area contributed by atoms with Gasteiger partial charge in [-0.25, -0.2) is 0 Å². The molecule has 0 aliphatic heterocycles. The largest absolute Gasteiger partial charge is 0.377 e. The maximum atomic E-state index is 12.0. The third-order valence-electron chi connectivity index (χ3n) is 3.62. The molecule has 1 aromatic carbocycles. The molecule has 1 heterocycles. The molecule has 5 heteroatoms. The number of aromatic nitrogens is 1. The van der Waals surface area contributed by atoms with E-state index in [-0.39, 0.29) is 23.1 Å². The molecule has 0 atom stereocenters. The smallest absolute Gasteiger partial charge is 0.273 e. The lowest BCUT2D eigenvalue weighted by Crippen LogP contribution is -2.28. The van der Waals surface area contributed by atoms with Crippen molar-refractivity contribution in [1.82, 2.24) is 10.5 Å². The van der Waals surface area contributed by atoms with Gasteiger partial charge in [0.1, 0.15) is 0 Å². The number of carbonyl (C=O) groups excluding carboxylic acids is 1. The minimum absolute atomic E-state index is 0.100. The molecule has 0 bridgehead atoms. The zero-order valence-corrected chi connectivity index (χ0v) is 15.1. The maximum absolute atomic E-state index is 12.0. The van der Waals surface area contributed by atoms with Crippen LogP contribution >= 0.6 is 0 Å². The van der Waals surface area contributed by atoms with E-state index in [1.807, 2.05) is 26.0 Å². The molecule has 0 unspecified atom stereocenters. The van der Waals surface area contributed by atoms with Crippen molar-refractivity contribution in [2.24, 2.45) is 0 Å². The molecular weight excluding hydrogens is 304 g/mol. The Bertz CT molecular complexity index is 667. The summed E-state index contributed by atoms with van der Waals surface area (Å²) < 4.78 is 10.7. The van der Waals surface area contributed by atoms with Crippen LogP contribution in [0.1, 0.15) is 50.7 Å². The van der Waals surface area contributed by atoms with Crippen molar-refractivity contribution in [3.05, 3.63) is 41.6 Å². The molecular formula is C19H26N2O3. The van der Waals surface area contributed by atoms with Gasteiger partial charge in [0, 0.05) is 18.2 Å². The number of rotatable bonds is 6. The zero-order chi connectivity index (χ0) is 17.7. The number of hydrogen-bond acceptors (Lipinski definition) is 4. The summed E-state index contributed by atoms with van der Waals surface area (Å²) in [4.78, 5) is 12.0. The minimum Gasteiger partial charge on any atom is -0.377 e. The summed E-state index contributed by atoms with van der Waals surface area (Å²) in [5.74, 6) is 0.322. The summed E-state index contributed by atoms with van der Waals surface area (Å²) in [5, 5.41) is 6.61. The number of nitrogens with one attached hydrogen (secondary N) is 1. The first-order valence-corrected chi connectivity index (χ1v) is 8.25. The van der Waals surface area contributed by atoms with E-state index in [1.165, 1.54) is 5.56 Å². The van der Waals surface area contributed by atoms with Crippen LogP contribution in [0.5, 0.6) is 0 Å². The third kappa shape index (κ3) is 4.93. The van der Waals surface area contributed by atoms with Gasteiger partial charge in [-0.05, 0) is 24.8 Å². The van der Waals surface area contributed by atoms with Gasteiger partial charge in [-0.2, -0.15) is 0 Å². The molecule has 0 saturated carbocycles. The average molecular weight is 330 g/mol. The Hall–Kier alpha value is -2.14. The molecule has 130 valence electrons. The van der Waals surface area contributed by atoms with Crippen LogP contribution in [0, 0.1) is 0 Å². The van der Waals surface area contributed by atoms with Crippen LogP contribution in [0.4, 0.5) is 0 Å². The van der Waals surface area contributed by atoms with Crippen molar-refractivity contribution in [2.75, 3.05) is 13.2 Å². The van der Waals surface area contributed by atoms with E-state index in [9.17, 15) is 4.79 Å². The monoisotopic (exact) mass is 330 g/mol. The summed E-state index contributed by atoms with van der Waals surface area (Å²) >= 11 is 0. The van der Waals surface area contributed by atoms with Gasteiger partial charge < -0.3 is 14.6 Å². The van der Waals surface area contributed by atoms with Gasteiger partial charge in [0.2, 0.25) is 0 Å². The van der Waals surface area contributed by atoms with Gasteiger partial charge in [0.15, 0.2) is 11.5 Å². The first kappa shape index (κ1) is 18.2. The fourth-order valence-electron chi connectivity index (χ4n) is 2.20. The van der Waals surface area contributed by atoms with E-state index < -0.39 is 0 Å². The zero-order valence-electron chi connectivity index (χ0n) is 15.1. The first-order chi connectivity index (χ1) is 11.3. The van der Waals surface area contributed by atoms with E-state index in [4.69, 9.17) is 9.26 Å². The lowest BCUT2D eigenvalue weighted by molar-refractivity contribution is 0.0743. The number of ether oxygens (including phenoxy) is 1. The Kier molecular flexibility index (Phi) is 5.78. The molecule has 0 radical (unpaired) electrons.